The van der Waals surface area contributed by atoms with E-state index >= 15 is 0 Å². The van der Waals surface area contributed by atoms with E-state index in [1.165, 1.54) is 27.9 Å². The Morgan fingerprint density at radius 1 is 0.826 bits per heavy atom. The molecule has 0 spiro atoms. The van der Waals surface area contributed by atoms with Crippen molar-refractivity contribution in [3.8, 4) is 11.5 Å². The molecule has 1 aliphatic heterocycles. The van der Waals surface area contributed by atoms with Gasteiger partial charge in [0.25, 0.3) is 0 Å². The Hall–Kier alpha value is -4.33. The lowest BCUT2D eigenvalue weighted by Gasteiger charge is -2.36. The van der Waals surface area contributed by atoms with Crippen LogP contribution in [0.3, 0.4) is 0 Å². The Morgan fingerprint density at radius 3 is 2.11 bits per heavy atom. The van der Waals surface area contributed by atoms with Crippen molar-refractivity contribution in [3.05, 3.63) is 120 Å². The number of methoxy groups -OCH3 is 2. The zero-order chi connectivity index (χ0) is 32.3. The molecule has 242 valence electrons. The number of aryl methyl sites for hydroxylation is 1. The summed E-state index contributed by atoms with van der Waals surface area (Å²) in [4.78, 5) is 15.3. The van der Waals surface area contributed by atoms with Crippen molar-refractivity contribution in [2.45, 2.75) is 25.7 Å². The van der Waals surface area contributed by atoms with Crippen LogP contribution in [-0.4, -0.2) is 87.4 Å². The highest BCUT2D eigenvalue weighted by Gasteiger charge is 2.19. The number of hydrogen-bond acceptors (Lipinski definition) is 6. The van der Waals surface area contributed by atoms with E-state index in [0.717, 1.165) is 74.8 Å². The summed E-state index contributed by atoms with van der Waals surface area (Å²) >= 11 is 0. The van der Waals surface area contributed by atoms with Crippen molar-refractivity contribution < 1.29 is 9.47 Å². The van der Waals surface area contributed by atoms with Gasteiger partial charge in [0.05, 0.1) is 14.2 Å². The molecule has 1 atom stereocenters. The quantitative estimate of drug-likeness (QED) is 0.172. The molecule has 3 aromatic carbocycles. The van der Waals surface area contributed by atoms with E-state index in [2.05, 4.69) is 125 Å². The lowest BCUT2D eigenvalue weighted by Crippen LogP contribution is -2.47. The number of ether oxygens (including phenoxy) is 2. The van der Waals surface area contributed by atoms with Crippen LogP contribution >= 0.6 is 0 Å². The number of fused-ring (bicyclic) bond motifs is 1. The first kappa shape index (κ1) is 33.0. The molecule has 0 saturated carbocycles. The third kappa shape index (κ3) is 8.47. The van der Waals surface area contributed by atoms with Gasteiger partial charge >= 0.3 is 0 Å². The van der Waals surface area contributed by atoms with Crippen LogP contribution in [0, 0.1) is 6.92 Å². The average molecular weight is 620 g/mol. The Bertz CT molecular complexity index is 1580. The first-order valence-corrected chi connectivity index (χ1v) is 16.3. The number of para-hydroxylation sites is 1. The minimum Gasteiger partial charge on any atom is -0.493 e. The van der Waals surface area contributed by atoms with Gasteiger partial charge in [0.1, 0.15) is 0 Å². The fourth-order valence-electron chi connectivity index (χ4n) is 6.31. The Morgan fingerprint density at radius 2 is 1.48 bits per heavy atom. The van der Waals surface area contributed by atoms with E-state index < -0.39 is 0 Å². The van der Waals surface area contributed by atoms with E-state index in [9.17, 15) is 0 Å². The number of aromatic nitrogens is 2. The largest absolute Gasteiger partial charge is 0.493 e. The molecule has 2 aromatic heterocycles. The van der Waals surface area contributed by atoms with E-state index in [0.29, 0.717) is 5.92 Å². The van der Waals surface area contributed by atoms with Gasteiger partial charge in [-0.1, -0.05) is 54.6 Å². The summed E-state index contributed by atoms with van der Waals surface area (Å²) in [6, 6.07) is 31.6. The maximum atomic E-state index is 5.50. The van der Waals surface area contributed by atoms with Crippen LogP contribution in [0.4, 0.5) is 5.69 Å². The van der Waals surface area contributed by atoms with Crippen LogP contribution < -0.4 is 14.4 Å². The van der Waals surface area contributed by atoms with Crippen molar-refractivity contribution in [1.82, 2.24) is 19.8 Å². The third-order valence-electron chi connectivity index (χ3n) is 8.91. The molecule has 7 nitrogen and oxygen atoms in total. The first-order chi connectivity index (χ1) is 22.5. The molecule has 0 bridgehead atoms. The van der Waals surface area contributed by atoms with Crippen molar-refractivity contribution in [2.75, 3.05) is 72.5 Å². The van der Waals surface area contributed by atoms with Crippen LogP contribution in [0.5, 0.6) is 11.5 Å². The number of hydrogen-bond donors (Lipinski definition) is 1. The molecule has 1 aliphatic rings. The molecule has 5 aromatic rings. The number of benzene rings is 3. The van der Waals surface area contributed by atoms with Gasteiger partial charge in [0.2, 0.25) is 0 Å². The molecule has 6 rings (SSSR count). The second-order valence-corrected chi connectivity index (χ2v) is 12.2. The highest BCUT2D eigenvalue weighted by atomic mass is 16.5. The maximum absolute atomic E-state index is 5.50. The third-order valence-corrected chi connectivity index (χ3v) is 8.91. The van der Waals surface area contributed by atoms with Gasteiger partial charge in [-0.3, -0.25) is 9.88 Å². The molecule has 0 radical (unpaired) electrons. The maximum Gasteiger partial charge on any atom is 0.162 e. The molecule has 1 N–H and O–H groups in total. The molecular formula is C39H49N5O2. The summed E-state index contributed by atoms with van der Waals surface area (Å²) in [7, 11) is 7.59. The first-order valence-electron chi connectivity index (χ1n) is 16.3. The molecule has 7 heteroatoms. The fourth-order valence-corrected chi connectivity index (χ4v) is 6.31. The lowest BCUT2D eigenvalue weighted by molar-refractivity contribution is 0.261. The number of H-pyrrole nitrogens is 1. The predicted octanol–water partition coefficient (Wildman–Crippen LogP) is 7.02. The molecule has 1 fully saturated rings. The summed E-state index contributed by atoms with van der Waals surface area (Å²) in [5.41, 5.74) is 7.55. The minimum atomic E-state index is 0.384. The fraction of sp³-hybridized carbons (Fsp3) is 0.359. The number of nitrogens with one attached hydrogen (secondary N) is 1. The summed E-state index contributed by atoms with van der Waals surface area (Å²) in [6.07, 6.45) is 4.00. The van der Waals surface area contributed by atoms with Gasteiger partial charge < -0.3 is 24.3 Å². The predicted molar refractivity (Wildman–Crippen MR) is 191 cm³/mol. The van der Waals surface area contributed by atoms with Crippen molar-refractivity contribution in [1.29, 1.82) is 0 Å². The van der Waals surface area contributed by atoms with E-state index in [1.54, 1.807) is 14.2 Å². The molecular weight excluding hydrogens is 570 g/mol. The van der Waals surface area contributed by atoms with Crippen molar-refractivity contribution >= 4 is 16.6 Å². The van der Waals surface area contributed by atoms with Gasteiger partial charge in [-0.15, -0.1) is 0 Å². The molecule has 1 saturated heterocycles. The summed E-state index contributed by atoms with van der Waals surface area (Å²) in [5.74, 6) is 1.93. The summed E-state index contributed by atoms with van der Waals surface area (Å²) in [6.45, 7) is 8.67. The Balaban J connectivity index is 0.000000200. The number of anilines is 1. The van der Waals surface area contributed by atoms with Crippen molar-refractivity contribution in [3.63, 3.8) is 0 Å². The standard InChI is InChI=1S/C23H29N3O2.C16H20N2/c1-17-19(20-15-22(27-2)23(28-3)16-21(20)24-17)9-10-25-11-13-26(14-12-25)18-7-5-4-6-8-18;1-18(2)13-11-15(14-8-4-3-5-9-14)16-10-6-7-12-17-16/h4-8,15-16,24H,9-14H2,1-3H3;3-10,12,15H,11,13H2,1-2H3. The van der Waals surface area contributed by atoms with Gasteiger partial charge in [0, 0.05) is 78.9 Å². The second-order valence-electron chi connectivity index (χ2n) is 12.2. The number of piperazine rings is 1. The number of nitrogens with zero attached hydrogens (tertiary/aromatic N) is 4. The van der Waals surface area contributed by atoms with Crippen LogP contribution in [0.15, 0.2) is 97.2 Å². The summed E-state index contributed by atoms with van der Waals surface area (Å²) in [5, 5.41) is 1.23. The topological polar surface area (TPSA) is 56.9 Å². The van der Waals surface area contributed by atoms with Crippen LogP contribution in [-0.2, 0) is 6.42 Å². The monoisotopic (exact) mass is 619 g/mol. The Kier molecular flexibility index (Phi) is 11.7. The molecule has 3 heterocycles. The molecule has 46 heavy (non-hydrogen) atoms. The minimum absolute atomic E-state index is 0.384. The SMILES string of the molecule is CN(C)CCC(c1ccccc1)c1ccccn1.COc1cc2[nH]c(C)c(CCN3CCN(c4ccccc4)CC3)c2cc1OC. The highest BCUT2D eigenvalue weighted by Crippen LogP contribution is 2.35. The molecule has 1 unspecified atom stereocenters. The van der Waals surface area contributed by atoms with Crippen LogP contribution in [0.25, 0.3) is 10.9 Å². The van der Waals surface area contributed by atoms with E-state index in [-0.39, 0.29) is 0 Å². The average Bonchev–Trinajstić information content (AvgIpc) is 3.41. The molecule has 0 amide bonds. The normalized spacial score (nSPS) is 14.2. The van der Waals surface area contributed by atoms with Gasteiger partial charge in [-0.05, 0) is 81.9 Å². The van der Waals surface area contributed by atoms with Gasteiger partial charge in [0.15, 0.2) is 11.5 Å². The summed E-state index contributed by atoms with van der Waals surface area (Å²) < 4.78 is 10.9. The second kappa shape index (κ2) is 16.3. The zero-order valence-electron chi connectivity index (χ0n) is 28.1. The van der Waals surface area contributed by atoms with E-state index in [4.69, 9.17) is 9.47 Å². The zero-order valence-corrected chi connectivity index (χ0v) is 28.1. The number of rotatable bonds is 11. The smallest absolute Gasteiger partial charge is 0.162 e. The Labute approximate surface area is 274 Å². The van der Waals surface area contributed by atoms with Crippen LogP contribution in [0.2, 0.25) is 0 Å². The lowest BCUT2D eigenvalue weighted by atomic mass is 9.92. The van der Waals surface area contributed by atoms with Crippen molar-refractivity contribution in [2.24, 2.45) is 0 Å². The highest BCUT2D eigenvalue weighted by molar-refractivity contribution is 5.88. The number of aromatic amines is 1. The van der Waals surface area contributed by atoms with Crippen LogP contribution in [0.1, 0.15) is 34.9 Å². The molecule has 0 aliphatic carbocycles. The van der Waals surface area contributed by atoms with Gasteiger partial charge in [-0.2, -0.15) is 0 Å². The number of pyridine rings is 1. The van der Waals surface area contributed by atoms with Gasteiger partial charge in [-0.25, -0.2) is 0 Å². The van der Waals surface area contributed by atoms with E-state index in [1.807, 2.05) is 18.3 Å².